The molecule has 3 aromatic rings. The molecule has 1 aliphatic rings. The topological polar surface area (TPSA) is 67.0 Å². The van der Waals surface area contributed by atoms with Gasteiger partial charge in [-0.15, -0.1) is 0 Å². The van der Waals surface area contributed by atoms with Gasteiger partial charge in [-0.2, -0.15) is 0 Å². The smallest absolute Gasteiger partial charge is 0.292 e. The minimum atomic E-state index is -0.332. The van der Waals surface area contributed by atoms with Crippen LogP contribution in [0.3, 0.4) is 0 Å². The quantitative estimate of drug-likeness (QED) is 0.737. The standard InChI is InChI=1S/C21H17N3O2/c1-14-19(15-8-3-2-4-9-15)20(24-21(25)18-12-7-13-26-18)23-17-11-6-5-10-16(17)22-14/h2-13,19H,1H3,(H,23,24,25). The highest BCUT2D eigenvalue weighted by molar-refractivity contribution is 6.18. The first-order valence-corrected chi connectivity index (χ1v) is 8.35. The lowest BCUT2D eigenvalue weighted by Crippen LogP contribution is -2.37. The van der Waals surface area contributed by atoms with Gasteiger partial charge in [0.2, 0.25) is 0 Å². The zero-order valence-corrected chi connectivity index (χ0v) is 14.2. The van der Waals surface area contributed by atoms with Gasteiger partial charge in [0.1, 0.15) is 5.84 Å². The highest BCUT2D eigenvalue weighted by atomic mass is 16.3. The zero-order valence-electron chi connectivity index (χ0n) is 14.2. The number of rotatable bonds is 2. The van der Waals surface area contributed by atoms with Crippen LogP contribution in [0.1, 0.15) is 29.0 Å². The Hall–Kier alpha value is -3.47. The van der Waals surface area contributed by atoms with Gasteiger partial charge in [-0.3, -0.25) is 9.79 Å². The van der Waals surface area contributed by atoms with E-state index >= 15 is 0 Å². The number of aliphatic imine (C=N–C) groups is 2. The van der Waals surface area contributed by atoms with Crippen molar-refractivity contribution in [1.82, 2.24) is 5.32 Å². The summed E-state index contributed by atoms with van der Waals surface area (Å²) >= 11 is 0. The van der Waals surface area contributed by atoms with Gasteiger partial charge >= 0.3 is 0 Å². The van der Waals surface area contributed by atoms with Crippen LogP contribution in [0.2, 0.25) is 0 Å². The summed E-state index contributed by atoms with van der Waals surface area (Å²) in [6.45, 7) is 1.95. The molecular weight excluding hydrogens is 326 g/mol. The van der Waals surface area contributed by atoms with Crippen molar-refractivity contribution in [2.75, 3.05) is 0 Å². The number of benzene rings is 2. The monoisotopic (exact) mass is 343 g/mol. The maximum absolute atomic E-state index is 12.6. The third-order valence-corrected chi connectivity index (χ3v) is 4.23. The summed E-state index contributed by atoms with van der Waals surface area (Å²) in [6, 6.07) is 20.8. The summed E-state index contributed by atoms with van der Waals surface area (Å²) in [6.07, 6.45) is 1.47. The van der Waals surface area contributed by atoms with Gasteiger partial charge in [0.25, 0.3) is 5.91 Å². The lowest BCUT2D eigenvalue weighted by Gasteiger charge is -2.19. The third kappa shape index (κ3) is 3.07. The van der Waals surface area contributed by atoms with Crippen LogP contribution in [-0.2, 0) is 0 Å². The number of nitrogens with one attached hydrogen (secondary N) is 1. The number of amidine groups is 1. The van der Waals surface area contributed by atoms with Gasteiger partial charge in [-0.25, -0.2) is 4.99 Å². The number of furan rings is 1. The zero-order chi connectivity index (χ0) is 17.9. The molecule has 0 aliphatic carbocycles. The van der Waals surface area contributed by atoms with E-state index in [0.29, 0.717) is 5.84 Å². The highest BCUT2D eigenvalue weighted by Gasteiger charge is 2.27. The number of nitrogens with zero attached hydrogens (tertiary/aromatic N) is 2. The Bertz CT molecular complexity index is 989. The van der Waals surface area contributed by atoms with Crippen molar-refractivity contribution >= 4 is 28.8 Å². The average molecular weight is 343 g/mol. The van der Waals surface area contributed by atoms with Crippen molar-refractivity contribution in [1.29, 1.82) is 0 Å². The van der Waals surface area contributed by atoms with Crippen LogP contribution in [0.4, 0.5) is 11.4 Å². The molecule has 1 aliphatic heterocycles. The van der Waals surface area contributed by atoms with E-state index < -0.39 is 0 Å². The first kappa shape index (κ1) is 16.0. The molecule has 26 heavy (non-hydrogen) atoms. The van der Waals surface area contributed by atoms with E-state index in [9.17, 15) is 4.79 Å². The molecule has 0 bridgehead atoms. The summed E-state index contributed by atoms with van der Waals surface area (Å²) in [5, 5.41) is 2.92. The highest BCUT2D eigenvalue weighted by Crippen LogP contribution is 2.34. The maximum atomic E-state index is 12.6. The fourth-order valence-electron chi connectivity index (χ4n) is 3.03. The molecule has 1 N–H and O–H groups in total. The second kappa shape index (κ2) is 6.80. The first-order chi connectivity index (χ1) is 12.7. The summed E-state index contributed by atoms with van der Waals surface area (Å²) in [5.74, 6) is 0.194. The summed E-state index contributed by atoms with van der Waals surface area (Å²) < 4.78 is 5.21. The van der Waals surface area contributed by atoms with E-state index in [1.165, 1.54) is 6.26 Å². The normalized spacial score (nSPS) is 16.1. The van der Waals surface area contributed by atoms with E-state index in [0.717, 1.165) is 22.6 Å². The minimum absolute atomic E-state index is 0.242. The van der Waals surface area contributed by atoms with E-state index in [1.54, 1.807) is 12.1 Å². The lowest BCUT2D eigenvalue weighted by molar-refractivity contribution is 0.0949. The molecule has 0 fully saturated rings. The molecule has 1 unspecified atom stereocenters. The Morgan fingerprint density at radius 3 is 2.31 bits per heavy atom. The Morgan fingerprint density at radius 2 is 1.62 bits per heavy atom. The number of hydrogen-bond donors (Lipinski definition) is 1. The molecule has 0 radical (unpaired) electrons. The number of carbonyl (C=O) groups is 1. The number of amides is 1. The van der Waals surface area contributed by atoms with Crippen molar-refractivity contribution in [3.05, 3.63) is 84.3 Å². The third-order valence-electron chi connectivity index (χ3n) is 4.23. The van der Waals surface area contributed by atoms with Crippen LogP contribution >= 0.6 is 0 Å². The van der Waals surface area contributed by atoms with Gasteiger partial charge in [0.05, 0.1) is 23.6 Å². The molecule has 5 heteroatoms. The van der Waals surface area contributed by atoms with Crippen molar-refractivity contribution in [2.24, 2.45) is 9.98 Å². The SMILES string of the molecule is CC1=Nc2ccccc2N=C(NC(=O)c2ccco2)C1c1ccccc1. The van der Waals surface area contributed by atoms with Gasteiger partial charge in [-0.1, -0.05) is 42.5 Å². The van der Waals surface area contributed by atoms with Gasteiger partial charge < -0.3 is 9.73 Å². The van der Waals surface area contributed by atoms with Crippen LogP contribution in [0.5, 0.6) is 0 Å². The summed E-state index contributed by atoms with van der Waals surface area (Å²) in [4.78, 5) is 22.0. The van der Waals surface area contributed by atoms with Crippen LogP contribution in [-0.4, -0.2) is 17.5 Å². The molecule has 2 aromatic carbocycles. The van der Waals surface area contributed by atoms with Gasteiger partial charge in [0, 0.05) is 5.71 Å². The van der Waals surface area contributed by atoms with Crippen LogP contribution in [0, 0.1) is 0 Å². The predicted molar refractivity (Wildman–Crippen MR) is 102 cm³/mol. The fraction of sp³-hybridized carbons (Fsp3) is 0.0952. The van der Waals surface area contributed by atoms with Crippen LogP contribution in [0.25, 0.3) is 0 Å². The van der Waals surface area contributed by atoms with E-state index in [-0.39, 0.29) is 17.6 Å². The summed E-state index contributed by atoms with van der Waals surface area (Å²) in [7, 11) is 0. The number of hydrogen-bond acceptors (Lipinski definition) is 4. The maximum Gasteiger partial charge on any atom is 0.292 e. The molecule has 1 aromatic heterocycles. The van der Waals surface area contributed by atoms with Crippen molar-refractivity contribution < 1.29 is 9.21 Å². The largest absolute Gasteiger partial charge is 0.459 e. The number of para-hydroxylation sites is 2. The molecule has 128 valence electrons. The predicted octanol–water partition coefficient (Wildman–Crippen LogP) is 4.63. The molecule has 1 amide bonds. The Morgan fingerprint density at radius 1 is 0.923 bits per heavy atom. The fourth-order valence-corrected chi connectivity index (χ4v) is 3.03. The van der Waals surface area contributed by atoms with Gasteiger partial charge in [-0.05, 0) is 36.8 Å². The van der Waals surface area contributed by atoms with E-state index in [1.807, 2.05) is 61.5 Å². The Kier molecular flexibility index (Phi) is 4.19. The molecule has 4 rings (SSSR count). The minimum Gasteiger partial charge on any atom is -0.459 e. The molecule has 0 saturated heterocycles. The molecular formula is C21H17N3O2. The van der Waals surface area contributed by atoms with Crippen molar-refractivity contribution in [3.63, 3.8) is 0 Å². The first-order valence-electron chi connectivity index (χ1n) is 8.35. The second-order valence-electron chi connectivity index (χ2n) is 6.01. The molecule has 0 spiro atoms. The van der Waals surface area contributed by atoms with Crippen LogP contribution in [0.15, 0.2) is 87.4 Å². The molecule has 1 atom stereocenters. The van der Waals surface area contributed by atoms with Crippen LogP contribution < -0.4 is 5.32 Å². The number of fused-ring (bicyclic) bond motifs is 1. The van der Waals surface area contributed by atoms with E-state index in [4.69, 9.17) is 14.4 Å². The Balaban J connectivity index is 1.81. The average Bonchev–Trinajstić information content (AvgIpc) is 3.15. The van der Waals surface area contributed by atoms with Crippen molar-refractivity contribution in [2.45, 2.75) is 12.8 Å². The number of carbonyl (C=O) groups excluding carboxylic acids is 1. The lowest BCUT2D eigenvalue weighted by atomic mass is 9.93. The summed E-state index contributed by atoms with van der Waals surface area (Å²) in [5.41, 5.74) is 3.38. The molecule has 0 saturated carbocycles. The second-order valence-corrected chi connectivity index (χ2v) is 6.01. The molecule has 2 heterocycles. The molecule has 5 nitrogen and oxygen atoms in total. The van der Waals surface area contributed by atoms with Crippen molar-refractivity contribution in [3.8, 4) is 0 Å². The Labute approximate surface area is 151 Å². The van der Waals surface area contributed by atoms with E-state index in [2.05, 4.69) is 5.32 Å². The van der Waals surface area contributed by atoms with Gasteiger partial charge in [0.15, 0.2) is 5.76 Å².